The van der Waals surface area contributed by atoms with Crippen molar-refractivity contribution in [1.29, 1.82) is 5.41 Å². The van der Waals surface area contributed by atoms with Gasteiger partial charge < -0.3 is 10.5 Å². The quantitative estimate of drug-likeness (QED) is 0.519. The molecule has 0 saturated carbocycles. The van der Waals surface area contributed by atoms with Crippen molar-refractivity contribution < 1.29 is 5.11 Å². The molecule has 0 aliphatic heterocycles. The van der Waals surface area contributed by atoms with Crippen LogP contribution in [0.3, 0.4) is 0 Å². The first-order valence-electron chi connectivity index (χ1n) is 4.10. The number of aromatic hydroxyl groups is 1. The summed E-state index contributed by atoms with van der Waals surface area (Å²) in [5.74, 6) is 0.311. The zero-order chi connectivity index (χ0) is 8.81. The Kier molecular flexibility index (Phi) is 3.33. The van der Waals surface area contributed by atoms with Crippen LogP contribution in [0.5, 0.6) is 5.75 Å². The van der Waals surface area contributed by atoms with E-state index >= 15 is 0 Å². The van der Waals surface area contributed by atoms with Gasteiger partial charge in [-0.25, -0.2) is 0 Å². The number of phenols is 1. The van der Waals surface area contributed by atoms with Crippen LogP contribution < -0.4 is 0 Å². The Hall–Kier alpha value is -1.31. The first-order valence-corrected chi connectivity index (χ1v) is 4.10. The molecule has 0 bridgehead atoms. The van der Waals surface area contributed by atoms with Gasteiger partial charge in [0.05, 0.1) is 0 Å². The van der Waals surface area contributed by atoms with E-state index in [1.807, 2.05) is 12.1 Å². The average Bonchev–Trinajstić information content (AvgIpc) is 2.09. The molecule has 2 heteroatoms. The first kappa shape index (κ1) is 8.78. The minimum atomic E-state index is 0.311. The Bertz CT molecular complexity index is 241. The van der Waals surface area contributed by atoms with Gasteiger partial charge in [-0.15, -0.1) is 0 Å². The highest BCUT2D eigenvalue weighted by Gasteiger charge is 1.92. The van der Waals surface area contributed by atoms with Crippen LogP contribution in [-0.4, -0.2) is 11.3 Å². The molecule has 0 radical (unpaired) electrons. The van der Waals surface area contributed by atoms with Crippen LogP contribution in [0.15, 0.2) is 24.3 Å². The van der Waals surface area contributed by atoms with Crippen molar-refractivity contribution >= 4 is 6.21 Å². The van der Waals surface area contributed by atoms with Crippen molar-refractivity contribution in [3.8, 4) is 5.75 Å². The normalized spacial score (nSPS) is 9.67. The largest absolute Gasteiger partial charge is 0.508 e. The fourth-order valence-electron chi connectivity index (χ4n) is 1.07. The van der Waals surface area contributed by atoms with Gasteiger partial charge in [0.25, 0.3) is 0 Å². The maximum atomic E-state index is 8.99. The molecule has 0 amide bonds. The van der Waals surface area contributed by atoms with Crippen LogP contribution in [0.4, 0.5) is 0 Å². The van der Waals surface area contributed by atoms with Crippen molar-refractivity contribution in [2.45, 2.75) is 19.3 Å². The Morgan fingerprint density at radius 1 is 1.25 bits per heavy atom. The zero-order valence-electron chi connectivity index (χ0n) is 6.96. The summed E-state index contributed by atoms with van der Waals surface area (Å²) >= 11 is 0. The summed E-state index contributed by atoms with van der Waals surface area (Å²) in [4.78, 5) is 0. The minimum absolute atomic E-state index is 0.311. The van der Waals surface area contributed by atoms with Crippen LogP contribution in [0, 0.1) is 5.41 Å². The van der Waals surface area contributed by atoms with Gasteiger partial charge in [-0.1, -0.05) is 12.1 Å². The van der Waals surface area contributed by atoms with Crippen molar-refractivity contribution in [1.82, 2.24) is 0 Å². The highest BCUT2D eigenvalue weighted by molar-refractivity contribution is 5.52. The fraction of sp³-hybridized carbons (Fsp3) is 0.300. The van der Waals surface area contributed by atoms with E-state index in [1.165, 1.54) is 11.8 Å². The van der Waals surface area contributed by atoms with Gasteiger partial charge in [0.2, 0.25) is 0 Å². The third kappa shape index (κ3) is 2.74. The van der Waals surface area contributed by atoms with Gasteiger partial charge in [0.1, 0.15) is 5.75 Å². The molecule has 0 atom stereocenters. The molecule has 0 spiro atoms. The topological polar surface area (TPSA) is 44.1 Å². The van der Waals surface area contributed by atoms with Crippen LogP contribution in [-0.2, 0) is 6.42 Å². The second-order valence-electron chi connectivity index (χ2n) is 2.76. The molecule has 0 aliphatic carbocycles. The summed E-state index contributed by atoms with van der Waals surface area (Å²) in [5.41, 5.74) is 1.22. The zero-order valence-corrected chi connectivity index (χ0v) is 6.96. The van der Waals surface area contributed by atoms with Gasteiger partial charge in [-0.05, 0) is 43.2 Å². The lowest BCUT2D eigenvalue weighted by molar-refractivity contribution is 0.475. The molecule has 0 aromatic heterocycles. The van der Waals surface area contributed by atoms with E-state index in [0.29, 0.717) is 5.75 Å². The molecule has 0 heterocycles. The Morgan fingerprint density at radius 3 is 2.50 bits per heavy atom. The highest BCUT2D eigenvalue weighted by Crippen LogP contribution is 2.11. The molecule has 2 N–H and O–H groups in total. The lowest BCUT2D eigenvalue weighted by Crippen LogP contribution is -1.84. The highest BCUT2D eigenvalue weighted by atomic mass is 16.3. The van der Waals surface area contributed by atoms with Crippen LogP contribution in [0.2, 0.25) is 0 Å². The van der Waals surface area contributed by atoms with Crippen molar-refractivity contribution in [3.05, 3.63) is 29.8 Å². The Labute approximate surface area is 72.4 Å². The molecule has 0 fully saturated rings. The van der Waals surface area contributed by atoms with Gasteiger partial charge >= 0.3 is 0 Å². The number of phenolic OH excluding ortho intramolecular Hbond substituents is 1. The Morgan fingerprint density at radius 2 is 1.92 bits per heavy atom. The molecule has 12 heavy (non-hydrogen) atoms. The molecular formula is C10H13NO. The SMILES string of the molecule is N=CCCCc1ccc(O)cc1. The summed E-state index contributed by atoms with van der Waals surface area (Å²) in [6.07, 6.45) is 4.26. The molecular weight excluding hydrogens is 150 g/mol. The van der Waals surface area contributed by atoms with E-state index in [0.717, 1.165) is 19.3 Å². The fourth-order valence-corrected chi connectivity index (χ4v) is 1.07. The molecule has 1 aromatic rings. The summed E-state index contributed by atoms with van der Waals surface area (Å²) in [6.45, 7) is 0. The van der Waals surface area contributed by atoms with Gasteiger partial charge in [0, 0.05) is 0 Å². The molecule has 2 nitrogen and oxygen atoms in total. The number of aryl methyl sites for hydroxylation is 1. The van der Waals surface area contributed by atoms with E-state index in [9.17, 15) is 0 Å². The summed E-state index contributed by atoms with van der Waals surface area (Å²) in [5, 5.41) is 15.8. The monoisotopic (exact) mass is 163 g/mol. The summed E-state index contributed by atoms with van der Waals surface area (Å²) < 4.78 is 0. The number of hydrogen-bond acceptors (Lipinski definition) is 2. The van der Waals surface area contributed by atoms with E-state index in [1.54, 1.807) is 12.1 Å². The van der Waals surface area contributed by atoms with Crippen LogP contribution >= 0.6 is 0 Å². The molecule has 64 valence electrons. The average molecular weight is 163 g/mol. The summed E-state index contributed by atoms with van der Waals surface area (Å²) in [6, 6.07) is 7.22. The number of rotatable bonds is 4. The lowest BCUT2D eigenvalue weighted by atomic mass is 10.1. The number of unbranched alkanes of at least 4 members (excludes halogenated alkanes) is 1. The standard InChI is InChI=1S/C10H13NO/c11-8-2-1-3-9-4-6-10(12)7-5-9/h4-8,11-12H,1-3H2. The maximum Gasteiger partial charge on any atom is 0.115 e. The van der Waals surface area contributed by atoms with E-state index in [4.69, 9.17) is 10.5 Å². The summed E-state index contributed by atoms with van der Waals surface area (Å²) in [7, 11) is 0. The predicted molar refractivity (Wildman–Crippen MR) is 49.8 cm³/mol. The lowest BCUT2D eigenvalue weighted by Gasteiger charge is -1.98. The van der Waals surface area contributed by atoms with Crippen molar-refractivity contribution in [2.24, 2.45) is 0 Å². The van der Waals surface area contributed by atoms with Crippen molar-refractivity contribution in [2.75, 3.05) is 0 Å². The molecule has 0 aliphatic rings. The third-order valence-electron chi connectivity index (χ3n) is 1.75. The first-order chi connectivity index (χ1) is 5.83. The van der Waals surface area contributed by atoms with Crippen molar-refractivity contribution in [3.63, 3.8) is 0 Å². The molecule has 0 unspecified atom stereocenters. The molecule has 1 aromatic carbocycles. The molecule has 0 saturated heterocycles. The van der Waals surface area contributed by atoms with E-state index < -0.39 is 0 Å². The number of hydrogen-bond donors (Lipinski definition) is 2. The van der Waals surface area contributed by atoms with Crippen LogP contribution in [0.25, 0.3) is 0 Å². The Balaban J connectivity index is 2.42. The van der Waals surface area contributed by atoms with Gasteiger partial charge in [0.15, 0.2) is 0 Å². The number of nitrogens with one attached hydrogen (secondary N) is 1. The third-order valence-corrected chi connectivity index (χ3v) is 1.75. The number of benzene rings is 1. The second kappa shape index (κ2) is 4.54. The second-order valence-corrected chi connectivity index (χ2v) is 2.76. The maximum absolute atomic E-state index is 8.99. The van der Waals surface area contributed by atoms with E-state index in [2.05, 4.69) is 0 Å². The van der Waals surface area contributed by atoms with Gasteiger partial charge in [-0.3, -0.25) is 0 Å². The van der Waals surface area contributed by atoms with Gasteiger partial charge in [-0.2, -0.15) is 0 Å². The predicted octanol–water partition coefficient (Wildman–Crippen LogP) is 2.36. The van der Waals surface area contributed by atoms with Crippen LogP contribution in [0.1, 0.15) is 18.4 Å². The minimum Gasteiger partial charge on any atom is -0.508 e. The smallest absolute Gasteiger partial charge is 0.115 e. The molecule has 1 rings (SSSR count). The van der Waals surface area contributed by atoms with E-state index in [-0.39, 0.29) is 0 Å².